The molecular formula is C20H19Cl2N3O3. The van der Waals surface area contributed by atoms with E-state index in [0.717, 1.165) is 5.56 Å². The number of nitrogens with one attached hydrogen (secondary N) is 1. The second-order valence-electron chi connectivity index (χ2n) is 5.83. The molecule has 8 heteroatoms. The number of carbonyl (C=O) groups excluding carboxylic acids is 1. The van der Waals surface area contributed by atoms with E-state index in [1.165, 1.54) is 0 Å². The van der Waals surface area contributed by atoms with Crippen molar-refractivity contribution in [1.82, 2.24) is 9.78 Å². The fraction of sp³-hybridized carbons (Fsp3) is 0.200. The average Bonchev–Trinajstić information content (AvgIpc) is 3.10. The summed E-state index contributed by atoms with van der Waals surface area (Å²) in [4.78, 5) is 12.3. The van der Waals surface area contributed by atoms with Gasteiger partial charge in [0.2, 0.25) is 0 Å². The third-order valence-corrected chi connectivity index (χ3v) is 4.41. The van der Waals surface area contributed by atoms with Gasteiger partial charge in [-0.3, -0.25) is 4.79 Å². The molecule has 3 aromatic rings. The predicted octanol–water partition coefficient (Wildman–Crippen LogP) is 4.65. The summed E-state index contributed by atoms with van der Waals surface area (Å²) >= 11 is 12.1. The quantitative estimate of drug-likeness (QED) is 0.576. The fourth-order valence-electron chi connectivity index (χ4n) is 2.54. The normalized spacial score (nSPS) is 10.5. The van der Waals surface area contributed by atoms with Gasteiger partial charge in [-0.1, -0.05) is 41.4 Å². The summed E-state index contributed by atoms with van der Waals surface area (Å²) in [5.74, 6) is 1.34. The molecule has 0 saturated heterocycles. The van der Waals surface area contributed by atoms with Gasteiger partial charge in [0.1, 0.15) is 5.82 Å². The number of para-hydroxylation sites is 2. The highest BCUT2D eigenvalue weighted by Gasteiger charge is 2.11. The number of aromatic nitrogens is 2. The topological polar surface area (TPSA) is 65.4 Å². The van der Waals surface area contributed by atoms with Crippen molar-refractivity contribution in [1.29, 1.82) is 0 Å². The zero-order chi connectivity index (χ0) is 19.9. The molecule has 6 nitrogen and oxygen atoms in total. The van der Waals surface area contributed by atoms with Crippen LogP contribution in [0.25, 0.3) is 0 Å². The van der Waals surface area contributed by atoms with Gasteiger partial charge < -0.3 is 14.8 Å². The van der Waals surface area contributed by atoms with E-state index in [1.54, 1.807) is 41.2 Å². The third kappa shape index (κ3) is 5.18. The van der Waals surface area contributed by atoms with Crippen LogP contribution in [0.5, 0.6) is 11.5 Å². The highest BCUT2D eigenvalue weighted by molar-refractivity contribution is 6.35. The molecule has 0 unspecified atom stereocenters. The van der Waals surface area contributed by atoms with E-state index in [1.807, 2.05) is 25.1 Å². The van der Waals surface area contributed by atoms with E-state index < -0.39 is 0 Å². The summed E-state index contributed by atoms with van der Waals surface area (Å²) in [6.45, 7) is 2.64. The van der Waals surface area contributed by atoms with Crippen molar-refractivity contribution in [3.05, 3.63) is 70.3 Å². The first-order valence-electron chi connectivity index (χ1n) is 8.67. The number of amides is 1. The van der Waals surface area contributed by atoms with Crippen LogP contribution in [0.2, 0.25) is 10.0 Å². The highest BCUT2D eigenvalue weighted by atomic mass is 35.5. The van der Waals surface area contributed by atoms with Crippen LogP contribution >= 0.6 is 23.2 Å². The second kappa shape index (κ2) is 9.48. The summed E-state index contributed by atoms with van der Waals surface area (Å²) in [5, 5.41) is 8.12. The smallest absolute Gasteiger partial charge is 0.263 e. The minimum absolute atomic E-state index is 0.156. The van der Waals surface area contributed by atoms with Gasteiger partial charge in [-0.05, 0) is 36.8 Å². The Labute approximate surface area is 173 Å². The highest BCUT2D eigenvalue weighted by Crippen LogP contribution is 2.26. The minimum Gasteiger partial charge on any atom is -0.490 e. The van der Waals surface area contributed by atoms with E-state index >= 15 is 0 Å². The molecular weight excluding hydrogens is 401 g/mol. The van der Waals surface area contributed by atoms with Crippen molar-refractivity contribution in [2.24, 2.45) is 0 Å². The van der Waals surface area contributed by atoms with Crippen LogP contribution in [0.15, 0.2) is 54.7 Å². The van der Waals surface area contributed by atoms with E-state index in [2.05, 4.69) is 10.4 Å². The molecule has 0 atom stereocenters. The van der Waals surface area contributed by atoms with Crippen LogP contribution in [0.1, 0.15) is 12.5 Å². The molecule has 0 aliphatic carbocycles. The van der Waals surface area contributed by atoms with Gasteiger partial charge in [0, 0.05) is 16.1 Å². The molecule has 0 fully saturated rings. The number of hydrogen-bond acceptors (Lipinski definition) is 4. The monoisotopic (exact) mass is 419 g/mol. The molecule has 0 radical (unpaired) electrons. The van der Waals surface area contributed by atoms with Gasteiger partial charge >= 0.3 is 0 Å². The molecule has 1 amide bonds. The predicted molar refractivity (Wildman–Crippen MR) is 110 cm³/mol. The number of benzene rings is 2. The van der Waals surface area contributed by atoms with Crippen molar-refractivity contribution >= 4 is 34.9 Å². The molecule has 146 valence electrons. The van der Waals surface area contributed by atoms with Crippen LogP contribution in [-0.2, 0) is 11.3 Å². The van der Waals surface area contributed by atoms with Gasteiger partial charge in [-0.25, -0.2) is 4.68 Å². The standard InChI is InChI=1S/C20H19Cl2N3O3/c1-2-27-17-5-3-4-6-18(17)28-13-20(26)24-19-9-10-23-25(19)12-14-7-8-15(21)11-16(14)22/h3-11H,2,12-13H2,1H3,(H,24,26). The Morgan fingerprint density at radius 3 is 2.57 bits per heavy atom. The Hall–Kier alpha value is -2.70. The second-order valence-corrected chi connectivity index (χ2v) is 6.67. The Kier molecular flexibility index (Phi) is 6.79. The van der Waals surface area contributed by atoms with Crippen molar-refractivity contribution < 1.29 is 14.3 Å². The first-order chi connectivity index (χ1) is 13.6. The van der Waals surface area contributed by atoms with Gasteiger partial charge in [-0.15, -0.1) is 0 Å². The molecule has 2 aromatic carbocycles. The summed E-state index contributed by atoms with van der Waals surface area (Å²) in [7, 11) is 0. The van der Waals surface area contributed by atoms with Crippen molar-refractivity contribution in [3.63, 3.8) is 0 Å². The molecule has 1 heterocycles. The first-order valence-corrected chi connectivity index (χ1v) is 9.42. The number of rotatable bonds is 8. The number of ether oxygens (including phenoxy) is 2. The van der Waals surface area contributed by atoms with E-state index in [0.29, 0.717) is 40.5 Å². The number of carbonyl (C=O) groups is 1. The maximum atomic E-state index is 12.3. The maximum Gasteiger partial charge on any atom is 0.263 e. The van der Waals surface area contributed by atoms with Crippen LogP contribution in [-0.4, -0.2) is 28.9 Å². The Bertz CT molecular complexity index is 959. The van der Waals surface area contributed by atoms with Gasteiger partial charge in [-0.2, -0.15) is 5.10 Å². The lowest BCUT2D eigenvalue weighted by atomic mass is 10.2. The number of anilines is 1. The summed E-state index contributed by atoms with van der Waals surface area (Å²) in [6.07, 6.45) is 1.60. The zero-order valence-corrected chi connectivity index (χ0v) is 16.7. The molecule has 0 bridgehead atoms. The minimum atomic E-state index is -0.310. The molecule has 1 aromatic heterocycles. The molecule has 28 heavy (non-hydrogen) atoms. The fourth-order valence-corrected chi connectivity index (χ4v) is 3.01. The van der Waals surface area contributed by atoms with E-state index in [4.69, 9.17) is 32.7 Å². The van der Waals surface area contributed by atoms with Crippen LogP contribution in [0.3, 0.4) is 0 Å². The molecule has 1 N–H and O–H groups in total. The van der Waals surface area contributed by atoms with Crippen molar-refractivity contribution in [2.75, 3.05) is 18.5 Å². The number of halogens is 2. The lowest BCUT2D eigenvalue weighted by molar-refractivity contribution is -0.118. The number of nitrogens with zero attached hydrogens (tertiary/aromatic N) is 2. The van der Waals surface area contributed by atoms with Gasteiger partial charge in [0.05, 0.1) is 19.3 Å². The lowest BCUT2D eigenvalue weighted by Gasteiger charge is -2.13. The molecule has 3 rings (SSSR count). The molecule has 0 aliphatic heterocycles. The van der Waals surface area contributed by atoms with E-state index in [9.17, 15) is 4.79 Å². The average molecular weight is 420 g/mol. The Morgan fingerprint density at radius 2 is 1.86 bits per heavy atom. The third-order valence-electron chi connectivity index (χ3n) is 3.83. The summed E-state index contributed by atoms with van der Waals surface area (Å²) in [5.41, 5.74) is 0.840. The van der Waals surface area contributed by atoms with Gasteiger partial charge in [0.15, 0.2) is 18.1 Å². The Morgan fingerprint density at radius 1 is 1.11 bits per heavy atom. The SMILES string of the molecule is CCOc1ccccc1OCC(=O)Nc1ccnn1Cc1ccc(Cl)cc1Cl. The number of hydrogen-bond donors (Lipinski definition) is 1. The van der Waals surface area contributed by atoms with Crippen LogP contribution in [0.4, 0.5) is 5.82 Å². The largest absolute Gasteiger partial charge is 0.490 e. The summed E-state index contributed by atoms with van der Waals surface area (Å²) in [6, 6.07) is 14.2. The molecule has 0 aliphatic rings. The van der Waals surface area contributed by atoms with Crippen LogP contribution in [0, 0.1) is 0 Å². The van der Waals surface area contributed by atoms with Crippen molar-refractivity contribution in [2.45, 2.75) is 13.5 Å². The van der Waals surface area contributed by atoms with E-state index in [-0.39, 0.29) is 12.5 Å². The molecule has 0 spiro atoms. The summed E-state index contributed by atoms with van der Waals surface area (Å²) < 4.78 is 12.7. The molecule has 0 saturated carbocycles. The first kappa shape index (κ1) is 20.0. The van der Waals surface area contributed by atoms with Crippen molar-refractivity contribution in [3.8, 4) is 11.5 Å². The Balaban J connectivity index is 1.62. The van der Waals surface area contributed by atoms with Gasteiger partial charge in [0.25, 0.3) is 5.91 Å². The lowest BCUT2D eigenvalue weighted by Crippen LogP contribution is -2.22. The zero-order valence-electron chi connectivity index (χ0n) is 15.2. The van der Waals surface area contributed by atoms with Crippen LogP contribution < -0.4 is 14.8 Å². The maximum absolute atomic E-state index is 12.3.